The number of thioether (sulfide) groups is 1. The highest BCUT2D eigenvalue weighted by molar-refractivity contribution is 8.01. The van der Waals surface area contributed by atoms with Gasteiger partial charge < -0.3 is 24.2 Å². The van der Waals surface area contributed by atoms with Crippen LogP contribution in [0, 0.1) is 6.92 Å². The molecule has 1 N–H and O–H groups in total. The number of benzene rings is 1. The predicted octanol–water partition coefficient (Wildman–Crippen LogP) is 3.30. The SMILES string of the molecule is Cc1onc(-c2c(Cl)cccc2Cl)c1C(=O)NC1C(=O)N2C1SC(C)(C)[C@@H]2C(=O)OCOC(=O)c1ccc[n+](C)c1. The highest BCUT2D eigenvalue weighted by Gasteiger charge is 2.64. The van der Waals surface area contributed by atoms with Gasteiger partial charge in [-0.1, -0.05) is 34.4 Å². The van der Waals surface area contributed by atoms with Crippen molar-refractivity contribution in [3.05, 3.63) is 69.7 Å². The Kier molecular flexibility index (Phi) is 7.75. The van der Waals surface area contributed by atoms with Crippen LogP contribution in [0.1, 0.15) is 40.3 Å². The Bertz CT molecular complexity index is 1560. The van der Waals surface area contributed by atoms with Gasteiger partial charge in [0.1, 0.15) is 47.1 Å². The van der Waals surface area contributed by atoms with E-state index < -0.39 is 52.8 Å². The van der Waals surface area contributed by atoms with Gasteiger partial charge in [-0.25, -0.2) is 14.2 Å². The van der Waals surface area contributed by atoms with E-state index >= 15 is 0 Å². The molecule has 0 saturated carbocycles. The number of aryl methyl sites for hydroxylation is 2. The summed E-state index contributed by atoms with van der Waals surface area (Å²) >= 11 is 14.0. The molecule has 2 amide bonds. The zero-order valence-corrected chi connectivity index (χ0v) is 24.7. The van der Waals surface area contributed by atoms with Crippen LogP contribution in [-0.4, -0.2) is 62.8 Å². The highest BCUT2D eigenvalue weighted by Crippen LogP contribution is 2.51. The lowest BCUT2D eigenvalue weighted by Gasteiger charge is -2.43. The van der Waals surface area contributed by atoms with Gasteiger partial charge in [0.2, 0.25) is 12.7 Å². The second-order valence-corrected chi connectivity index (χ2v) is 12.6. The van der Waals surface area contributed by atoms with Crippen LogP contribution in [0.15, 0.2) is 47.2 Å². The first kappa shape index (κ1) is 28.9. The van der Waals surface area contributed by atoms with Crippen LogP contribution in [0.25, 0.3) is 11.3 Å². The van der Waals surface area contributed by atoms with Crippen molar-refractivity contribution in [3.8, 4) is 11.3 Å². The Morgan fingerprint density at radius 2 is 1.88 bits per heavy atom. The molecule has 214 valence electrons. The van der Waals surface area contributed by atoms with Gasteiger partial charge >= 0.3 is 11.9 Å². The third-order valence-electron chi connectivity index (χ3n) is 6.81. The quantitative estimate of drug-likeness (QED) is 0.183. The van der Waals surface area contributed by atoms with Gasteiger partial charge in [0.25, 0.3) is 5.91 Å². The summed E-state index contributed by atoms with van der Waals surface area (Å²) in [5, 5.41) is 6.77. The molecule has 3 aromatic rings. The molecule has 11 nitrogen and oxygen atoms in total. The molecule has 0 bridgehead atoms. The Hall–Kier alpha value is -3.61. The molecular formula is C27H25Cl2N4O7S+. The van der Waals surface area contributed by atoms with E-state index in [-0.39, 0.29) is 27.1 Å². The molecule has 2 aromatic heterocycles. The summed E-state index contributed by atoms with van der Waals surface area (Å²) in [5.41, 5.74) is 0.875. The number of nitrogens with zero attached hydrogens (tertiary/aromatic N) is 3. The number of carbonyl (C=O) groups excluding carboxylic acids is 4. The van der Waals surface area contributed by atoms with E-state index in [1.54, 1.807) is 75.1 Å². The van der Waals surface area contributed by atoms with Crippen molar-refractivity contribution in [3.63, 3.8) is 0 Å². The molecule has 2 fully saturated rings. The molecule has 2 unspecified atom stereocenters. The number of β-lactam (4-membered cyclic amide) rings is 1. The van der Waals surface area contributed by atoms with Crippen molar-refractivity contribution in [1.82, 2.24) is 15.4 Å². The number of amides is 2. The normalized spacial score (nSPS) is 20.7. The summed E-state index contributed by atoms with van der Waals surface area (Å²) < 4.78 is 16.5. The van der Waals surface area contributed by atoms with Crippen molar-refractivity contribution < 1.29 is 37.7 Å². The number of hydrogen-bond donors (Lipinski definition) is 1. The summed E-state index contributed by atoms with van der Waals surface area (Å²) in [4.78, 5) is 53.3. The number of pyridine rings is 1. The van der Waals surface area contributed by atoms with Gasteiger partial charge in [-0.2, -0.15) is 0 Å². The van der Waals surface area contributed by atoms with Gasteiger partial charge in [-0.15, -0.1) is 11.8 Å². The average Bonchev–Trinajstić information content (AvgIpc) is 3.41. The fourth-order valence-electron chi connectivity index (χ4n) is 4.89. The van der Waals surface area contributed by atoms with E-state index in [4.69, 9.17) is 37.2 Å². The zero-order valence-electron chi connectivity index (χ0n) is 22.3. The maximum Gasteiger partial charge on any atom is 0.347 e. The number of carbonyl (C=O) groups is 4. The molecule has 1 aromatic carbocycles. The van der Waals surface area contributed by atoms with E-state index in [0.29, 0.717) is 11.1 Å². The fourth-order valence-corrected chi connectivity index (χ4v) is 7.08. The molecule has 2 saturated heterocycles. The second kappa shape index (κ2) is 11.0. The van der Waals surface area contributed by atoms with Crippen LogP contribution < -0.4 is 9.88 Å². The summed E-state index contributed by atoms with van der Waals surface area (Å²) in [7, 11) is 1.76. The molecule has 41 heavy (non-hydrogen) atoms. The number of esters is 2. The van der Waals surface area contributed by atoms with E-state index in [1.807, 2.05) is 0 Å². The van der Waals surface area contributed by atoms with Gasteiger partial charge in [0, 0.05) is 16.4 Å². The molecule has 2 aliphatic heterocycles. The van der Waals surface area contributed by atoms with Crippen LogP contribution in [-0.2, 0) is 26.1 Å². The Morgan fingerprint density at radius 3 is 2.56 bits per heavy atom. The molecule has 0 radical (unpaired) electrons. The fraction of sp³-hybridized carbons (Fsp3) is 0.333. The van der Waals surface area contributed by atoms with Crippen LogP contribution in [0.2, 0.25) is 10.0 Å². The van der Waals surface area contributed by atoms with E-state index in [2.05, 4.69) is 10.5 Å². The third kappa shape index (κ3) is 5.27. The van der Waals surface area contributed by atoms with Crippen molar-refractivity contribution in [2.45, 2.75) is 43.0 Å². The molecule has 5 rings (SSSR count). The monoisotopic (exact) mass is 619 g/mol. The van der Waals surface area contributed by atoms with E-state index in [0.717, 1.165) is 0 Å². The summed E-state index contributed by atoms with van der Waals surface area (Å²) in [6.07, 6.45) is 3.33. The number of ether oxygens (including phenoxy) is 2. The lowest BCUT2D eigenvalue weighted by Crippen LogP contribution is -2.70. The molecule has 0 aliphatic carbocycles. The average molecular weight is 620 g/mol. The molecule has 14 heteroatoms. The lowest BCUT2D eigenvalue weighted by molar-refractivity contribution is -0.671. The molecule has 4 heterocycles. The van der Waals surface area contributed by atoms with Crippen molar-refractivity contribution in [2.24, 2.45) is 7.05 Å². The first-order chi connectivity index (χ1) is 19.4. The second-order valence-electron chi connectivity index (χ2n) is 10.0. The van der Waals surface area contributed by atoms with Crippen LogP contribution in [0.5, 0.6) is 0 Å². The van der Waals surface area contributed by atoms with E-state index in [1.165, 1.54) is 16.7 Å². The molecule has 0 spiro atoms. The largest absolute Gasteiger partial charge is 0.426 e. The predicted molar refractivity (Wildman–Crippen MR) is 148 cm³/mol. The first-order valence-corrected chi connectivity index (χ1v) is 14.0. The third-order valence-corrected chi connectivity index (χ3v) is 9.01. The number of hydrogen-bond acceptors (Lipinski definition) is 9. The Morgan fingerprint density at radius 1 is 1.17 bits per heavy atom. The number of nitrogens with one attached hydrogen (secondary N) is 1. The lowest BCUT2D eigenvalue weighted by atomic mass is 9.95. The number of aromatic nitrogens is 2. The molecule has 2 aliphatic rings. The minimum Gasteiger partial charge on any atom is -0.426 e. The maximum absolute atomic E-state index is 13.4. The smallest absolute Gasteiger partial charge is 0.347 e. The van der Waals surface area contributed by atoms with Crippen LogP contribution >= 0.6 is 35.0 Å². The molecule has 3 atom stereocenters. The highest BCUT2D eigenvalue weighted by atomic mass is 35.5. The minimum atomic E-state index is -0.957. The van der Waals surface area contributed by atoms with Gasteiger partial charge in [-0.3, -0.25) is 9.59 Å². The zero-order chi connectivity index (χ0) is 29.6. The summed E-state index contributed by atoms with van der Waals surface area (Å²) in [6, 6.07) is 6.28. The summed E-state index contributed by atoms with van der Waals surface area (Å²) in [5.74, 6) is -2.21. The minimum absolute atomic E-state index is 0.0956. The van der Waals surface area contributed by atoms with E-state index in [9.17, 15) is 19.2 Å². The maximum atomic E-state index is 13.4. The van der Waals surface area contributed by atoms with Crippen LogP contribution in [0.3, 0.4) is 0 Å². The van der Waals surface area contributed by atoms with Crippen molar-refractivity contribution >= 4 is 58.7 Å². The van der Waals surface area contributed by atoms with Crippen molar-refractivity contribution in [2.75, 3.05) is 6.79 Å². The first-order valence-electron chi connectivity index (χ1n) is 12.4. The topological polar surface area (TPSA) is 132 Å². The van der Waals surface area contributed by atoms with Gasteiger partial charge in [-0.05, 0) is 39.0 Å². The van der Waals surface area contributed by atoms with Gasteiger partial charge in [0.05, 0.1) is 10.0 Å². The van der Waals surface area contributed by atoms with Crippen LogP contribution in [0.4, 0.5) is 0 Å². The number of halogens is 2. The van der Waals surface area contributed by atoms with Gasteiger partial charge in [0.15, 0.2) is 12.4 Å². The Balaban J connectivity index is 1.26. The summed E-state index contributed by atoms with van der Waals surface area (Å²) in [6.45, 7) is 4.55. The Labute approximate surface area is 249 Å². The number of rotatable bonds is 7. The van der Waals surface area contributed by atoms with Crippen molar-refractivity contribution in [1.29, 1.82) is 0 Å². The molecular weight excluding hydrogens is 595 g/mol. The number of fused-ring (bicyclic) bond motifs is 1. The standard InChI is InChI=1S/C27H24Cl2N4O7S/c1-13-17(19(31-40-13)18-15(28)8-5-9-16(18)29)22(34)30-20-23(35)33-21(27(2,3)41-24(20)33)26(37)39-12-38-25(36)14-7-6-10-32(4)11-14/h5-11,20-21,24H,12H2,1-4H3/p+1/t20?,21-,24?/m0/s1.